The van der Waals surface area contributed by atoms with Crippen molar-refractivity contribution >= 4 is 17.8 Å². The van der Waals surface area contributed by atoms with Crippen LogP contribution in [-0.4, -0.2) is 83.9 Å². The van der Waals surface area contributed by atoms with Crippen LogP contribution in [0.2, 0.25) is 0 Å². The monoisotopic (exact) mass is 401 g/mol. The molecule has 1 unspecified atom stereocenters. The van der Waals surface area contributed by atoms with E-state index in [1.54, 1.807) is 46.2 Å². The Kier molecular flexibility index (Phi) is 6.76. The van der Waals surface area contributed by atoms with Gasteiger partial charge in [-0.3, -0.25) is 14.3 Å². The highest BCUT2D eigenvalue weighted by Crippen LogP contribution is 2.29. The number of aromatic nitrogens is 4. The van der Waals surface area contributed by atoms with E-state index in [-0.39, 0.29) is 24.3 Å². The van der Waals surface area contributed by atoms with Crippen molar-refractivity contribution in [2.45, 2.75) is 18.9 Å². The van der Waals surface area contributed by atoms with Gasteiger partial charge in [-0.05, 0) is 12.5 Å². The van der Waals surface area contributed by atoms with Gasteiger partial charge in [0.1, 0.15) is 6.54 Å². The summed E-state index contributed by atoms with van der Waals surface area (Å²) in [5.74, 6) is 0.282. The van der Waals surface area contributed by atoms with Crippen LogP contribution in [-0.2, 0) is 16.1 Å². The summed E-state index contributed by atoms with van der Waals surface area (Å²) in [6, 6.07) is 1.79. The zero-order chi connectivity index (χ0) is 20.8. The van der Waals surface area contributed by atoms with Crippen LogP contribution in [0.4, 0.5) is 5.95 Å². The fraction of sp³-hybridized carbons (Fsp3) is 0.526. The molecule has 29 heavy (non-hydrogen) atoms. The minimum absolute atomic E-state index is 0.00388. The van der Waals surface area contributed by atoms with E-state index in [9.17, 15) is 9.59 Å². The van der Waals surface area contributed by atoms with Crippen molar-refractivity contribution in [1.82, 2.24) is 30.0 Å². The van der Waals surface area contributed by atoms with Crippen molar-refractivity contribution in [2.75, 3.05) is 52.3 Å². The normalized spacial score (nSPS) is 16.1. The zero-order valence-corrected chi connectivity index (χ0v) is 17.0. The minimum atomic E-state index is -0.233. The molecule has 1 atom stereocenters. The van der Waals surface area contributed by atoms with Gasteiger partial charge in [-0.25, -0.2) is 9.97 Å². The van der Waals surface area contributed by atoms with Crippen molar-refractivity contribution < 1.29 is 14.3 Å². The van der Waals surface area contributed by atoms with Gasteiger partial charge >= 0.3 is 0 Å². The molecule has 10 nitrogen and oxygen atoms in total. The van der Waals surface area contributed by atoms with E-state index in [1.165, 1.54) is 0 Å². The van der Waals surface area contributed by atoms with Gasteiger partial charge in [-0.1, -0.05) is 0 Å². The van der Waals surface area contributed by atoms with Crippen LogP contribution in [0.25, 0.3) is 0 Å². The molecular formula is C19H27N7O3. The van der Waals surface area contributed by atoms with E-state index >= 15 is 0 Å². The van der Waals surface area contributed by atoms with Gasteiger partial charge in [-0.15, -0.1) is 0 Å². The lowest BCUT2D eigenvalue weighted by molar-refractivity contribution is -0.131. The molecule has 2 aromatic rings. The number of anilines is 1. The molecule has 0 aliphatic carbocycles. The van der Waals surface area contributed by atoms with Crippen LogP contribution in [0.5, 0.6) is 0 Å². The summed E-state index contributed by atoms with van der Waals surface area (Å²) in [6.07, 6.45) is 5.72. The molecular weight excluding hydrogens is 374 g/mol. The lowest BCUT2D eigenvalue weighted by Crippen LogP contribution is -2.32. The van der Waals surface area contributed by atoms with Crippen molar-refractivity contribution in [3.05, 3.63) is 35.9 Å². The molecule has 1 aliphatic rings. The molecule has 3 heterocycles. The molecule has 156 valence electrons. The average Bonchev–Trinajstić information content (AvgIpc) is 3.39. The number of rotatable bonds is 8. The fourth-order valence-corrected chi connectivity index (χ4v) is 3.29. The molecule has 1 N–H and O–H groups in total. The lowest BCUT2D eigenvalue weighted by atomic mass is 10.00. The van der Waals surface area contributed by atoms with E-state index in [0.717, 1.165) is 6.42 Å². The van der Waals surface area contributed by atoms with Crippen molar-refractivity contribution in [3.8, 4) is 0 Å². The van der Waals surface area contributed by atoms with Crippen LogP contribution >= 0.6 is 0 Å². The smallest absolute Gasteiger partial charge is 0.254 e. The second-order valence-electron chi connectivity index (χ2n) is 7.14. The van der Waals surface area contributed by atoms with Gasteiger partial charge in [-0.2, -0.15) is 5.10 Å². The first-order chi connectivity index (χ1) is 14.0. The quantitative estimate of drug-likeness (QED) is 0.627. The summed E-state index contributed by atoms with van der Waals surface area (Å²) in [5.41, 5.74) is 1.12. The number of nitrogens with zero attached hydrogens (tertiary/aromatic N) is 6. The van der Waals surface area contributed by atoms with E-state index < -0.39 is 0 Å². The molecule has 1 fully saturated rings. The van der Waals surface area contributed by atoms with Gasteiger partial charge in [0.25, 0.3) is 5.91 Å². The number of methoxy groups -OCH3 is 1. The van der Waals surface area contributed by atoms with Crippen LogP contribution in [0.15, 0.2) is 24.7 Å². The number of nitrogens with one attached hydrogen (secondary N) is 1. The van der Waals surface area contributed by atoms with E-state index in [0.29, 0.717) is 43.4 Å². The highest BCUT2D eigenvalue weighted by atomic mass is 16.5. The zero-order valence-electron chi connectivity index (χ0n) is 17.0. The Hall–Kier alpha value is -3.01. The Labute approximate surface area is 169 Å². The molecule has 0 saturated carbocycles. The highest BCUT2D eigenvalue weighted by molar-refractivity contribution is 5.95. The minimum Gasteiger partial charge on any atom is -0.383 e. The molecule has 0 radical (unpaired) electrons. The molecule has 2 amide bonds. The van der Waals surface area contributed by atoms with Crippen LogP contribution in [0.1, 0.15) is 28.4 Å². The van der Waals surface area contributed by atoms with Crippen LogP contribution in [0, 0.1) is 0 Å². The Morgan fingerprint density at radius 3 is 2.90 bits per heavy atom. The van der Waals surface area contributed by atoms with Gasteiger partial charge in [0, 0.05) is 65.3 Å². The molecule has 1 saturated heterocycles. The summed E-state index contributed by atoms with van der Waals surface area (Å²) in [5, 5.41) is 6.91. The number of amides is 2. The van der Waals surface area contributed by atoms with Gasteiger partial charge < -0.3 is 19.9 Å². The maximum absolute atomic E-state index is 12.7. The first-order valence-corrected chi connectivity index (χ1v) is 9.56. The Morgan fingerprint density at radius 1 is 1.38 bits per heavy atom. The molecule has 0 aromatic carbocycles. The molecule has 0 bridgehead atoms. The Morgan fingerprint density at radius 2 is 2.21 bits per heavy atom. The molecule has 0 spiro atoms. The predicted molar refractivity (Wildman–Crippen MR) is 107 cm³/mol. The summed E-state index contributed by atoms with van der Waals surface area (Å²) in [4.78, 5) is 37.8. The predicted octanol–water partition coefficient (Wildman–Crippen LogP) is 0.131. The number of hydrogen-bond donors (Lipinski definition) is 1. The second-order valence-corrected chi connectivity index (χ2v) is 7.14. The van der Waals surface area contributed by atoms with E-state index in [4.69, 9.17) is 4.74 Å². The first kappa shape index (κ1) is 20.7. The molecule has 10 heteroatoms. The maximum Gasteiger partial charge on any atom is 0.254 e. The Balaban J connectivity index is 1.76. The number of carbonyl (C=O) groups is 2. The number of carbonyl (C=O) groups excluding carboxylic acids is 2. The highest BCUT2D eigenvalue weighted by Gasteiger charge is 2.31. The number of likely N-dealkylation sites (tertiary alicyclic amines) is 1. The van der Waals surface area contributed by atoms with E-state index in [2.05, 4.69) is 20.4 Å². The fourth-order valence-electron chi connectivity index (χ4n) is 3.29. The van der Waals surface area contributed by atoms with Crippen molar-refractivity contribution in [1.29, 1.82) is 0 Å². The van der Waals surface area contributed by atoms with Gasteiger partial charge in [0.2, 0.25) is 11.9 Å². The molecule has 3 rings (SSSR count). The third-order valence-electron chi connectivity index (χ3n) is 4.83. The summed E-state index contributed by atoms with van der Waals surface area (Å²) in [7, 11) is 5.29. The van der Waals surface area contributed by atoms with Gasteiger partial charge in [0.05, 0.1) is 17.9 Å². The maximum atomic E-state index is 12.7. The topological polar surface area (TPSA) is 105 Å². The van der Waals surface area contributed by atoms with Crippen LogP contribution in [0.3, 0.4) is 0 Å². The number of ether oxygens (including phenoxy) is 1. The second kappa shape index (κ2) is 9.46. The first-order valence-electron chi connectivity index (χ1n) is 9.56. The summed E-state index contributed by atoms with van der Waals surface area (Å²) >= 11 is 0. The standard InChI is InChI=1S/C19H27N7O3/c1-24(2)19-21-11-15(18(28)20-7-10-29-3)17(23-19)14-5-9-25(12-14)16(27)13-26-8-4-6-22-26/h4,6,8,11,14H,5,7,9-10,12-13H2,1-3H3,(H,20,28). The summed E-state index contributed by atoms with van der Waals surface area (Å²) in [6.45, 7) is 2.18. The molecule has 1 aliphatic heterocycles. The lowest BCUT2D eigenvalue weighted by Gasteiger charge is -2.19. The Bertz CT molecular complexity index is 838. The molecule has 2 aromatic heterocycles. The third kappa shape index (κ3) is 5.08. The SMILES string of the molecule is COCCNC(=O)c1cnc(N(C)C)nc1C1CCN(C(=O)Cn2cccn2)C1. The largest absolute Gasteiger partial charge is 0.383 e. The van der Waals surface area contributed by atoms with Crippen LogP contribution < -0.4 is 10.2 Å². The average molecular weight is 401 g/mol. The summed E-state index contributed by atoms with van der Waals surface area (Å²) < 4.78 is 6.60. The van der Waals surface area contributed by atoms with Crippen molar-refractivity contribution in [3.63, 3.8) is 0 Å². The number of hydrogen-bond acceptors (Lipinski definition) is 7. The van der Waals surface area contributed by atoms with Crippen molar-refractivity contribution in [2.24, 2.45) is 0 Å². The third-order valence-corrected chi connectivity index (χ3v) is 4.83. The van der Waals surface area contributed by atoms with Gasteiger partial charge in [0.15, 0.2) is 0 Å². The van der Waals surface area contributed by atoms with E-state index in [1.807, 2.05) is 14.1 Å².